The minimum absolute atomic E-state index is 0.256. The van der Waals surface area contributed by atoms with Gasteiger partial charge in [-0.1, -0.05) is 11.6 Å². The van der Waals surface area contributed by atoms with Gasteiger partial charge >= 0.3 is 0 Å². The minimum Gasteiger partial charge on any atom is -0.274 e. The highest BCUT2D eigenvalue weighted by Crippen LogP contribution is 2.25. The summed E-state index contributed by atoms with van der Waals surface area (Å²) >= 11 is 6.98. The van der Waals surface area contributed by atoms with Gasteiger partial charge in [-0.2, -0.15) is 10.4 Å². The molecule has 1 aromatic heterocycles. The van der Waals surface area contributed by atoms with Crippen LogP contribution in [-0.4, -0.2) is 12.1 Å². The fourth-order valence-electron chi connectivity index (χ4n) is 0.719. The Bertz CT molecular complexity index is 419. The predicted octanol–water partition coefficient (Wildman–Crippen LogP) is 1.74. The van der Waals surface area contributed by atoms with Crippen molar-refractivity contribution >= 4 is 35.1 Å². The van der Waals surface area contributed by atoms with Crippen LogP contribution in [0.15, 0.2) is 11.2 Å². The summed E-state index contributed by atoms with van der Waals surface area (Å²) in [6.45, 7) is 1.35. The normalized spacial score (nSPS) is 10.1. The average Bonchev–Trinajstić information content (AvgIpc) is 2.47. The van der Waals surface area contributed by atoms with E-state index in [4.69, 9.17) is 16.9 Å². The molecule has 0 aliphatic carbocycles. The number of halogens is 1. The van der Waals surface area contributed by atoms with Gasteiger partial charge < -0.3 is 0 Å². The molecule has 1 aromatic rings. The van der Waals surface area contributed by atoms with Crippen molar-refractivity contribution in [3.8, 4) is 6.07 Å². The van der Waals surface area contributed by atoms with Crippen LogP contribution in [0, 0.1) is 11.3 Å². The molecule has 0 unspecified atom stereocenters. The topological polar surface area (TPSA) is 65.2 Å². The molecule has 4 nitrogen and oxygen atoms in total. The molecule has 1 N–H and O–H groups in total. The summed E-state index contributed by atoms with van der Waals surface area (Å²) in [5.74, 6) is -0.256. The number of hydrazone groups is 1. The second-order valence-corrected chi connectivity index (χ2v) is 4.03. The smallest absolute Gasteiger partial charge is 0.236 e. The number of nitriles is 1. The number of rotatable bonds is 2. The molecule has 0 fully saturated rings. The van der Waals surface area contributed by atoms with Crippen LogP contribution in [-0.2, 0) is 4.79 Å². The molecule has 72 valence electrons. The summed E-state index contributed by atoms with van der Waals surface area (Å²) in [5, 5.41) is 12.2. The standard InChI is InChI=1S/C8H6ClN3OS/c1-5(13)12-11-4-6-2-7(3-10)14-8(6)9/h2,4H,1H3,(H,12,13)/b11-4+. The van der Waals surface area contributed by atoms with Gasteiger partial charge in [0.05, 0.1) is 6.21 Å². The highest BCUT2D eigenvalue weighted by Gasteiger charge is 2.03. The highest BCUT2D eigenvalue weighted by molar-refractivity contribution is 7.17. The molecular formula is C8H6ClN3OS. The first kappa shape index (κ1) is 10.7. The summed E-state index contributed by atoms with van der Waals surface area (Å²) in [7, 11) is 0. The second-order valence-electron chi connectivity index (χ2n) is 2.38. The molecular weight excluding hydrogens is 222 g/mol. The fraction of sp³-hybridized carbons (Fsp3) is 0.125. The van der Waals surface area contributed by atoms with Crippen molar-refractivity contribution < 1.29 is 4.79 Å². The maximum Gasteiger partial charge on any atom is 0.236 e. The lowest BCUT2D eigenvalue weighted by atomic mass is 10.3. The third-order valence-corrected chi connectivity index (χ3v) is 2.54. The van der Waals surface area contributed by atoms with Crippen LogP contribution in [0.4, 0.5) is 0 Å². The van der Waals surface area contributed by atoms with Gasteiger partial charge in [-0.25, -0.2) is 5.43 Å². The van der Waals surface area contributed by atoms with E-state index in [2.05, 4.69) is 10.5 Å². The molecule has 1 rings (SSSR count). The van der Waals surface area contributed by atoms with Gasteiger partial charge in [0.25, 0.3) is 0 Å². The zero-order valence-electron chi connectivity index (χ0n) is 7.24. The van der Waals surface area contributed by atoms with Crippen LogP contribution in [0.25, 0.3) is 0 Å². The van der Waals surface area contributed by atoms with Gasteiger partial charge in [0.2, 0.25) is 5.91 Å². The zero-order chi connectivity index (χ0) is 10.6. The Labute approximate surface area is 89.8 Å². The van der Waals surface area contributed by atoms with Gasteiger partial charge in [-0.05, 0) is 6.07 Å². The number of amides is 1. The molecule has 0 saturated carbocycles. The Hall–Kier alpha value is -1.38. The van der Waals surface area contributed by atoms with Crippen molar-refractivity contribution in [1.29, 1.82) is 5.26 Å². The molecule has 0 spiro atoms. The van der Waals surface area contributed by atoms with Crippen LogP contribution in [0.3, 0.4) is 0 Å². The molecule has 1 amide bonds. The SMILES string of the molecule is CC(=O)N/N=C/c1cc(C#N)sc1Cl. The molecule has 0 atom stereocenters. The predicted molar refractivity (Wildman–Crippen MR) is 55.5 cm³/mol. The summed E-state index contributed by atoms with van der Waals surface area (Å²) in [4.78, 5) is 11.0. The summed E-state index contributed by atoms with van der Waals surface area (Å²) < 4.78 is 0.482. The van der Waals surface area contributed by atoms with Crippen LogP contribution >= 0.6 is 22.9 Å². The summed E-state index contributed by atoms with van der Waals surface area (Å²) in [6.07, 6.45) is 1.40. The monoisotopic (exact) mass is 227 g/mol. The molecule has 0 aliphatic heterocycles. The summed E-state index contributed by atoms with van der Waals surface area (Å²) in [6, 6.07) is 3.58. The number of nitrogens with zero attached hydrogens (tertiary/aromatic N) is 2. The molecule has 6 heteroatoms. The number of nitrogens with one attached hydrogen (secondary N) is 1. The first-order valence-corrected chi connectivity index (χ1v) is 4.82. The molecule has 0 saturated heterocycles. The number of thiophene rings is 1. The minimum atomic E-state index is -0.256. The van der Waals surface area contributed by atoms with Gasteiger partial charge in [0, 0.05) is 12.5 Å². The lowest BCUT2D eigenvalue weighted by molar-refractivity contribution is -0.118. The van der Waals surface area contributed by atoms with E-state index in [1.165, 1.54) is 24.5 Å². The Morgan fingerprint density at radius 3 is 3.07 bits per heavy atom. The first-order chi connectivity index (χ1) is 6.63. The maximum atomic E-state index is 10.5. The van der Waals surface area contributed by atoms with E-state index < -0.39 is 0 Å². The number of carbonyl (C=O) groups excluding carboxylic acids is 1. The fourth-order valence-corrected chi connectivity index (χ4v) is 1.73. The van der Waals surface area contributed by atoms with E-state index in [9.17, 15) is 4.79 Å². The average molecular weight is 228 g/mol. The maximum absolute atomic E-state index is 10.5. The van der Waals surface area contributed by atoms with Gasteiger partial charge in [-0.15, -0.1) is 11.3 Å². The van der Waals surface area contributed by atoms with E-state index in [0.29, 0.717) is 14.8 Å². The van der Waals surface area contributed by atoms with Crippen molar-refractivity contribution in [2.45, 2.75) is 6.92 Å². The molecule has 0 bridgehead atoms. The van der Waals surface area contributed by atoms with Gasteiger partial charge in [0.1, 0.15) is 15.3 Å². The van der Waals surface area contributed by atoms with E-state index >= 15 is 0 Å². The zero-order valence-corrected chi connectivity index (χ0v) is 8.82. The second kappa shape index (κ2) is 4.74. The van der Waals surface area contributed by atoms with Crippen molar-refractivity contribution in [1.82, 2.24) is 5.43 Å². The lowest BCUT2D eigenvalue weighted by Crippen LogP contribution is -2.12. The Morgan fingerprint density at radius 2 is 2.57 bits per heavy atom. The number of hydrogen-bond donors (Lipinski definition) is 1. The van der Waals surface area contributed by atoms with Gasteiger partial charge in [0.15, 0.2) is 0 Å². The van der Waals surface area contributed by atoms with Crippen LogP contribution in [0.1, 0.15) is 17.4 Å². The Kier molecular flexibility index (Phi) is 3.63. The first-order valence-electron chi connectivity index (χ1n) is 3.62. The van der Waals surface area contributed by atoms with Gasteiger partial charge in [-0.3, -0.25) is 4.79 Å². The lowest BCUT2D eigenvalue weighted by Gasteiger charge is -1.89. The van der Waals surface area contributed by atoms with Crippen LogP contribution < -0.4 is 5.43 Å². The van der Waals surface area contributed by atoms with Crippen LogP contribution in [0.2, 0.25) is 4.34 Å². The molecule has 0 aromatic carbocycles. The summed E-state index contributed by atoms with van der Waals surface area (Å²) in [5.41, 5.74) is 2.87. The van der Waals surface area contributed by atoms with Crippen molar-refractivity contribution in [3.63, 3.8) is 0 Å². The third-order valence-electron chi connectivity index (χ3n) is 1.25. The van der Waals surface area contributed by atoms with Crippen molar-refractivity contribution in [3.05, 3.63) is 20.8 Å². The Morgan fingerprint density at radius 1 is 1.86 bits per heavy atom. The quantitative estimate of drug-likeness (QED) is 0.618. The number of hydrogen-bond acceptors (Lipinski definition) is 4. The molecule has 0 radical (unpaired) electrons. The van der Waals surface area contributed by atoms with E-state index in [1.54, 1.807) is 6.07 Å². The van der Waals surface area contributed by atoms with E-state index in [-0.39, 0.29) is 5.91 Å². The van der Waals surface area contributed by atoms with Crippen molar-refractivity contribution in [2.75, 3.05) is 0 Å². The van der Waals surface area contributed by atoms with Crippen LogP contribution in [0.5, 0.6) is 0 Å². The molecule has 0 aliphatic rings. The van der Waals surface area contributed by atoms with E-state index in [0.717, 1.165) is 0 Å². The number of carbonyl (C=O) groups is 1. The largest absolute Gasteiger partial charge is 0.274 e. The highest BCUT2D eigenvalue weighted by atomic mass is 35.5. The third kappa shape index (κ3) is 2.83. The Balaban J connectivity index is 2.77. The molecule has 1 heterocycles. The van der Waals surface area contributed by atoms with Crippen molar-refractivity contribution in [2.24, 2.45) is 5.10 Å². The van der Waals surface area contributed by atoms with E-state index in [1.807, 2.05) is 6.07 Å². The molecule has 14 heavy (non-hydrogen) atoms.